The van der Waals surface area contributed by atoms with E-state index in [0.717, 1.165) is 0 Å². The highest BCUT2D eigenvalue weighted by molar-refractivity contribution is 5.88. The lowest BCUT2D eigenvalue weighted by molar-refractivity contribution is -0.156. The molecule has 8 heteroatoms. The van der Waals surface area contributed by atoms with Crippen LogP contribution in [-0.4, -0.2) is 79.6 Å². The summed E-state index contributed by atoms with van der Waals surface area (Å²) >= 11 is 0. The molecular formula is C11H23NO7. The molecule has 0 heterocycles. The minimum absolute atomic E-state index is 0.341. The fourth-order valence-corrected chi connectivity index (χ4v) is 1.41. The number of Topliss-reactive ketones (excluding diaryl/α,β-unsaturated/α-hetero) is 1. The molecule has 0 fully saturated rings. The highest BCUT2D eigenvalue weighted by atomic mass is 16.4. The Morgan fingerprint density at radius 3 is 2.00 bits per heavy atom. The van der Waals surface area contributed by atoms with Crippen molar-refractivity contribution in [3.63, 3.8) is 0 Å². The molecule has 19 heavy (non-hydrogen) atoms. The molecule has 8 nitrogen and oxygen atoms in total. The van der Waals surface area contributed by atoms with Gasteiger partial charge in [-0.25, -0.2) is 0 Å². The molecule has 0 aliphatic rings. The highest BCUT2D eigenvalue weighted by Gasteiger charge is 2.38. The molecule has 0 saturated heterocycles. The van der Waals surface area contributed by atoms with Crippen molar-refractivity contribution in [2.45, 2.75) is 50.4 Å². The normalized spacial score (nSPS) is 22.3. The minimum Gasteiger partial charge on any atom is -0.394 e. The number of rotatable bonds is 9. The van der Waals surface area contributed by atoms with E-state index in [1.165, 1.54) is 0 Å². The molecule has 1 unspecified atom stereocenters. The van der Waals surface area contributed by atoms with Crippen molar-refractivity contribution in [2.75, 3.05) is 6.61 Å². The molecule has 0 aliphatic heterocycles. The fraction of sp³-hybridized carbons (Fsp3) is 0.909. The third-order valence-corrected chi connectivity index (χ3v) is 2.87. The Labute approximate surface area is 112 Å². The Morgan fingerprint density at radius 1 is 1.11 bits per heavy atom. The molecule has 0 aromatic heterocycles. The first-order chi connectivity index (χ1) is 9.18. The molecule has 0 rings (SSSR count). The highest BCUT2D eigenvalue weighted by Crippen LogP contribution is 2.12. The van der Waals surface area contributed by atoms with Crippen molar-refractivity contribution >= 4 is 5.78 Å². The van der Waals surface area contributed by atoms with Crippen molar-refractivity contribution in [1.29, 1.82) is 0 Å². The van der Waals surface area contributed by atoms with E-state index < -0.39 is 49.0 Å². The minimum atomic E-state index is -2.06. The topological polar surface area (TPSA) is 164 Å². The van der Waals surface area contributed by atoms with E-state index >= 15 is 0 Å². The van der Waals surface area contributed by atoms with Gasteiger partial charge in [0.15, 0.2) is 5.78 Å². The summed E-state index contributed by atoms with van der Waals surface area (Å²) in [6.07, 6.45) is -9.80. The van der Waals surface area contributed by atoms with Gasteiger partial charge in [-0.1, -0.05) is 13.8 Å². The zero-order valence-electron chi connectivity index (χ0n) is 11.8. The summed E-state index contributed by atoms with van der Waals surface area (Å²) in [4.78, 5) is 11.8. The van der Waals surface area contributed by atoms with Crippen LogP contribution in [-0.2, 0) is 4.79 Å². The lowest BCUT2D eigenvalue weighted by Gasteiger charge is -2.29. The molecule has 0 amide bonds. The van der Waals surface area contributed by atoms with Crippen LogP contribution < -0.4 is 5.73 Å². The van der Waals surface area contributed by atoms with Gasteiger partial charge in [-0.15, -0.1) is 0 Å². The second-order valence-electron chi connectivity index (χ2n) is 4.79. The van der Waals surface area contributed by atoms with Gasteiger partial charge < -0.3 is 36.4 Å². The lowest BCUT2D eigenvalue weighted by atomic mass is 9.91. The molecular weight excluding hydrogens is 258 g/mol. The summed E-state index contributed by atoms with van der Waals surface area (Å²) in [5.41, 5.74) is 1.93. The summed E-state index contributed by atoms with van der Waals surface area (Å²) in [5.74, 6) is -1.26. The number of carbonyl (C=O) groups excluding carboxylic acids is 1. The molecule has 0 bridgehead atoms. The first-order valence-corrected chi connectivity index (χ1v) is 5.91. The summed E-state index contributed by atoms with van der Waals surface area (Å²) in [5, 5.41) is 56.0. The van der Waals surface area contributed by atoms with Gasteiger partial charge in [0.1, 0.15) is 31.9 Å². The van der Waals surface area contributed by atoms with E-state index in [-0.39, 0.29) is 5.92 Å². The van der Waals surface area contributed by atoms with E-state index in [1.807, 2.05) is 5.73 Å². The number of ketones is 1. The number of hydrogen-bond donors (Lipinski definition) is 7. The van der Waals surface area contributed by atoms with Gasteiger partial charge in [0.2, 0.25) is 0 Å². The molecule has 0 aliphatic carbocycles. The quantitative estimate of drug-likeness (QED) is 0.227. The van der Waals surface area contributed by atoms with Crippen molar-refractivity contribution in [3.8, 4) is 0 Å². The number of aliphatic hydroxyl groups is 6. The van der Waals surface area contributed by atoms with Crippen LogP contribution in [0, 0.1) is 5.92 Å². The van der Waals surface area contributed by atoms with Gasteiger partial charge in [0, 0.05) is 0 Å². The molecule has 8 N–H and O–H groups in total. The van der Waals surface area contributed by atoms with Crippen LogP contribution in [0.1, 0.15) is 13.8 Å². The van der Waals surface area contributed by atoms with Gasteiger partial charge in [-0.3, -0.25) is 4.79 Å². The van der Waals surface area contributed by atoms with Crippen LogP contribution >= 0.6 is 0 Å². The Hall–Kier alpha value is -0.610. The summed E-state index contributed by atoms with van der Waals surface area (Å²) in [6.45, 7) is 2.37. The molecule has 0 radical (unpaired) electrons. The van der Waals surface area contributed by atoms with Crippen LogP contribution in [0.15, 0.2) is 0 Å². The standard InChI is InChI=1S/C11H23NO7/c1-4(2)6(12)8(16)10(18)11(19)9(17)7(15)5(14)3-13/h4-7,9-11,13-15,17-19H,3,12H2,1-2H3/t5-,6+,7-,9+,10?,11+/m1/s1/i/hD. The van der Waals surface area contributed by atoms with E-state index in [4.69, 9.17) is 11.6 Å². The lowest BCUT2D eigenvalue weighted by Crippen LogP contribution is -2.55. The van der Waals surface area contributed by atoms with Crippen molar-refractivity contribution in [2.24, 2.45) is 11.6 Å². The molecule has 114 valence electrons. The zero-order chi connectivity index (χ0) is 16.0. The van der Waals surface area contributed by atoms with E-state index in [2.05, 4.69) is 0 Å². The van der Waals surface area contributed by atoms with E-state index in [1.54, 1.807) is 13.8 Å². The van der Waals surface area contributed by atoms with Crippen LogP contribution in [0.2, 0.25) is 1.41 Å². The SMILES string of the molecule is [2H]N[C@H](C(=O)C(O)[C@@H](O)[C@@H](O)[C@H](O)[C@H](O)CO)C(C)C. The first-order valence-electron chi connectivity index (χ1n) is 6.41. The first kappa shape index (κ1) is 16.4. The molecule has 6 atom stereocenters. The molecule has 0 spiro atoms. The molecule has 0 aromatic carbocycles. The smallest absolute Gasteiger partial charge is 0.180 e. The van der Waals surface area contributed by atoms with Crippen LogP contribution in [0.4, 0.5) is 0 Å². The number of hydrogen-bond acceptors (Lipinski definition) is 8. The van der Waals surface area contributed by atoms with Gasteiger partial charge in [-0.2, -0.15) is 0 Å². The van der Waals surface area contributed by atoms with Crippen LogP contribution in [0.5, 0.6) is 0 Å². The monoisotopic (exact) mass is 282 g/mol. The van der Waals surface area contributed by atoms with Crippen molar-refractivity contribution in [1.82, 2.24) is 0 Å². The van der Waals surface area contributed by atoms with Gasteiger partial charge in [0.25, 0.3) is 0 Å². The van der Waals surface area contributed by atoms with Gasteiger partial charge in [0.05, 0.1) is 12.6 Å². The Bertz CT molecular complexity index is 304. The Kier molecular flexibility index (Phi) is 6.80. The Balaban J connectivity index is 4.83. The predicted molar refractivity (Wildman–Crippen MR) is 64.9 cm³/mol. The van der Waals surface area contributed by atoms with E-state index in [0.29, 0.717) is 0 Å². The zero-order valence-corrected chi connectivity index (χ0v) is 10.8. The number of aliphatic hydroxyl groups excluding tert-OH is 6. The van der Waals surface area contributed by atoms with Crippen molar-refractivity contribution < 1.29 is 36.8 Å². The maximum Gasteiger partial charge on any atom is 0.180 e. The maximum atomic E-state index is 11.8. The van der Waals surface area contributed by atoms with Gasteiger partial charge >= 0.3 is 0 Å². The second kappa shape index (κ2) is 7.85. The Morgan fingerprint density at radius 2 is 1.63 bits per heavy atom. The van der Waals surface area contributed by atoms with Crippen LogP contribution in [0.3, 0.4) is 0 Å². The third kappa shape index (κ3) is 4.77. The van der Waals surface area contributed by atoms with Gasteiger partial charge in [-0.05, 0) is 5.92 Å². The molecule has 0 saturated carbocycles. The summed E-state index contributed by atoms with van der Waals surface area (Å²) in [6, 6.07) is -1.06. The van der Waals surface area contributed by atoms with E-state index in [9.17, 15) is 25.2 Å². The number of carbonyl (C=O) groups is 1. The fourth-order valence-electron chi connectivity index (χ4n) is 1.41. The maximum absolute atomic E-state index is 11.8. The second-order valence-corrected chi connectivity index (χ2v) is 4.79. The van der Waals surface area contributed by atoms with Crippen molar-refractivity contribution in [3.05, 3.63) is 0 Å². The van der Waals surface area contributed by atoms with Crippen LogP contribution in [0.25, 0.3) is 0 Å². The largest absolute Gasteiger partial charge is 0.394 e. The summed E-state index contributed by atoms with van der Waals surface area (Å²) < 4.78 is 7.00. The number of nitrogens with two attached hydrogens (primary N) is 1. The molecule has 0 aromatic rings. The summed E-state index contributed by atoms with van der Waals surface area (Å²) in [7, 11) is 0. The predicted octanol–water partition coefficient (Wildman–Crippen LogP) is -3.66. The average molecular weight is 282 g/mol. The third-order valence-electron chi connectivity index (χ3n) is 2.87. The average Bonchev–Trinajstić information content (AvgIpc) is 2.43.